The lowest BCUT2D eigenvalue weighted by Gasteiger charge is -2.18. The Morgan fingerprint density at radius 2 is 1.84 bits per heavy atom. The molecule has 25 heavy (non-hydrogen) atoms. The number of para-hydroxylation sites is 1. The van der Waals surface area contributed by atoms with Gasteiger partial charge in [-0.15, -0.1) is 0 Å². The molecule has 0 radical (unpaired) electrons. The summed E-state index contributed by atoms with van der Waals surface area (Å²) in [7, 11) is 0. The Labute approximate surface area is 143 Å². The number of hydrazine groups is 1. The Bertz CT molecular complexity index is 922. The molecule has 2 aromatic carbocycles. The molecule has 2 aliphatic rings. The molecule has 4 rings (SSSR count). The van der Waals surface area contributed by atoms with Crippen molar-refractivity contribution >= 4 is 17.3 Å². The van der Waals surface area contributed by atoms with Crippen molar-refractivity contribution in [2.75, 3.05) is 10.6 Å². The molecule has 2 aliphatic heterocycles. The molecule has 8 nitrogen and oxygen atoms in total. The maximum absolute atomic E-state index is 12.6. The Morgan fingerprint density at radius 3 is 2.56 bits per heavy atom. The van der Waals surface area contributed by atoms with E-state index < -0.39 is 16.4 Å². The van der Waals surface area contributed by atoms with E-state index in [1.54, 1.807) is 24.3 Å². The first-order valence-corrected chi connectivity index (χ1v) is 7.69. The van der Waals surface area contributed by atoms with Gasteiger partial charge in [0.1, 0.15) is 0 Å². The van der Waals surface area contributed by atoms with E-state index in [2.05, 4.69) is 21.5 Å². The molecular weight excluding hydrogens is 322 g/mol. The maximum atomic E-state index is 12.6. The van der Waals surface area contributed by atoms with Crippen LogP contribution in [0.25, 0.3) is 0 Å². The highest BCUT2D eigenvalue weighted by Crippen LogP contribution is 2.43. The fourth-order valence-corrected chi connectivity index (χ4v) is 3.18. The van der Waals surface area contributed by atoms with Crippen LogP contribution in [0.3, 0.4) is 0 Å². The highest BCUT2D eigenvalue weighted by molar-refractivity contribution is 6.08. The normalized spacial score (nSPS) is 21.1. The van der Waals surface area contributed by atoms with Gasteiger partial charge < -0.3 is 10.6 Å². The predicted octanol–water partition coefficient (Wildman–Crippen LogP) is 1.81. The van der Waals surface area contributed by atoms with Gasteiger partial charge in [0.25, 0.3) is 5.91 Å². The number of fused-ring (bicyclic) bond motifs is 2. The number of amides is 1. The van der Waals surface area contributed by atoms with Gasteiger partial charge in [-0.25, -0.2) is 5.43 Å². The molecule has 126 valence electrons. The van der Waals surface area contributed by atoms with Crippen molar-refractivity contribution in [3.63, 3.8) is 0 Å². The monoisotopic (exact) mass is 337 g/mol. The molecule has 8 heteroatoms. The molecule has 2 heterocycles. The predicted molar refractivity (Wildman–Crippen MR) is 91.8 cm³/mol. The molecule has 1 atom stereocenters. The summed E-state index contributed by atoms with van der Waals surface area (Å²) in [6.07, 6.45) is 0. The zero-order chi connectivity index (χ0) is 17.6. The van der Waals surface area contributed by atoms with Crippen molar-refractivity contribution in [2.45, 2.75) is 12.5 Å². The molecular formula is C17H15N5O3. The molecule has 1 unspecified atom stereocenters. The SMILES string of the molecule is Cc1ccc(NC2=C([N+](=O)[O-])C3(NN2)C(=O)Nc2ccccc23)cc1. The van der Waals surface area contributed by atoms with Crippen LogP contribution in [0.15, 0.2) is 60.0 Å². The van der Waals surface area contributed by atoms with E-state index >= 15 is 0 Å². The van der Waals surface area contributed by atoms with E-state index in [1.165, 1.54) is 0 Å². The molecule has 0 bridgehead atoms. The quantitative estimate of drug-likeness (QED) is 0.502. The van der Waals surface area contributed by atoms with Crippen molar-refractivity contribution < 1.29 is 9.72 Å². The summed E-state index contributed by atoms with van der Waals surface area (Å²) in [6, 6.07) is 14.3. The molecule has 4 N–H and O–H groups in total. The summed E-state index contributed by atoms with van der Waals surface area (Å²) in [5.41, 5.74) is 6.56. The minimum atomic E-state index is -1.58. The van der Waals surface area contributed by atoms with Crippen LogP contribution in [0.1, 0.15) is 11.1 Å². The Kier molecular flexibility index (Phi) is 3.22. The van der Waals surface area contributed by atoms with Gasteiger partial charge in [0.15, 0.2) is 5.82 Å². The van der Waals surface area contributed by atoms with Crippen molar-refractivity contribution in [2.24, 2.45) is 0 Å². The summed E-state index contributed by atoms with van der Waals surface area (Å²) >= 11 is 0. The van der Waals surface area contributed by atoms with Crippen LogP contribution in [-0.4, -0.2) is 10.8 Å². The Balaban J connectivity index is 1.83. The van der Waals surface area contributed by atoms with E-state index in [0.29, 0.717) is 16.9 Å². The average Bonchev–Trinajstić information content (AvgIpc) is 3.10. The van der Waals surface area contributed by atoms with Crippen LogP contribution in [-0.2, 0) is 10.3 Å². The van der Waals surface area contributed by atoms with E-state index in [9.17, 15) is 14.9 Å². The van der Waals surface area contributed by atoms with E-state index in [1.807, 2.05) is 31.2 Å². The number of anilines is 2. The first-order valence-electron chi connectivity index (χ1n) is 7.69. The minimum Gasteiger partial charge on any atom is -0.335 e. The second kappa shape index (κ2) is 5.32. The number of benzene rings is 2. The summed E-state index contributed by atoms with van der Waals surface area (Å²) < 4.78 is 0. The molecule has 0 fully saturated rings. The fraction of sp³-hybridized carbons (Fsp3) is 0.118. The third-order valence-electron chi connectivity index (χ3n) is 4.39. The van der Waals surface area contributed by atoms with Crippen LogP contribution in [0, 0.1) is 17.0 Å². The molecule has 0 saturated heterocycles. The largest absolute Gasteiger partial charge is 0.335 e. The van der Waals surface area contributed by atoms with Gasteiger partial charge >= 0.3 is 5.70 Å². The standard InChI is InChI=1S/C17H15N5O3/c1-10-6-8-11(9-7-10)18-15-14(22(24)25)17(21-20-15)12-4-2-3-5-13(12)19-16(17)23/h2-9,18,20-21H,1H3,(H,19,23). The van der Waals surface area contributed by atoms with Crippen LogP contribution >= 0.6 is 0 Å². The first kappa shape index (κ1) is 15.2. The Morgan fingerprint density at radius 1 is 1.12 bits per heavy atom. The zero-order valence-electron chi connectivity index (χ0n) is 13.3. The number of rotatable bonds is 3. The molecule has 2 aromatic rings. The third-order valence-corrected chi connectivity index (χ3v) is 4.39. The number of hydrogen-bond donors (Lipinski definition) is 4. The number of nitrogens with one attached hydrogen (secondary N) is 4. The number of aryl methyl sites for hydroxylation is 1. The van der Waals surface area contributed by atoms with Crippen LogP contribution in [0.4, 0.5) is 11.4 Å². The van der Waals surface area contributed by atoms with Gasteiger partial charge in [-0.1, -0.05) is 35.9 Å². The molecule has 0 saturated carbocycles. The summed E-state index contributed by atoms with van der Waals surface area (Å²) in [5, 5.41) is 17.5. The first-order chi connectivity index (χ1) is 12.0. The third kappa shape index (κ3) is 2.15. The van der Waals surface area contributed by atoms with Crippen LogP contribution < -0.4 is 21.5 Å². The lowest BCUT2D eigenvalue weighted by Crippen LogP contribution is -2.50. The average molecular weight is 337 g/mol. The van der Waals surface area contributed by atoms with Crippen molar-refractivity contribution in [3.05, 3.63) is 81.3 Å². The molecule has 1 spiro atoms. The number of hydrogen-bond acceptors (Lipinski definition) is 6. The second-order valence-electron chi connectivity index (χ2n) is 5.97. The Hall–Kier alpha value is -3.39. The van der Waals surface area contributed by atoms with Crippen molar-refractivity contribution in [1.82, 2.24) is 10.9 Å². The van der Waals surface area contributed by atoms with Crippen molar-refractivity contribution in [3.8, 4) is 0 Å². The van der Waals surface area contributed by atoms with Crippen molar-refractivity contribution in [1.29, 1.82) is 0 Å². The van der Waals surface area contributed by atoms with Gasteiger partial charge in [0.2, 0.25) is 5.54 Å². The van der Waals surface area contributed by atoms with Gasteiger partial charge in [-0.3, -0.25) is 20.3 Å². The van der Waals surface area contributed by atoms with Gasteiger partial charge in [-0.2, -0.15) is 0 Å². The van der Waals surface area contributed by atoms with E-state index in [-0.39, 0.29) is 11.5 Å². The molecule has 0 aromatic heterocycles. The number of nitro groups is 1. The van der Waals surface area contributed by atoms with Gasteiger partial charge in [0, 0.05) is 16.9 Å². The van der Waals surface area contributed by atoms with Gasteiger partial charge in [0.05, 0.1) is 4.92 Å². The lowest BCUT2D eigenvalue weighted by molar-refractivity contribution is -0.434. The number of nitrogens with zero attached hydrogens (tertiary/aromatic N) is 1. The minimum absolute atomic E-state index is 0.140. The van der Waals surface area contributed by atoms with E-state index in [0.717, 1.165) is 5.56 Å². The smallest absolute Gasteiger partial charge is 0.323 e. The zero-order valence-corrected chi connectivity index (χ0v) is 13.3. The van der Waals surface area contributed by atoms with Crippen LogP contribution in [0.2, 0.25) is 0 Å². The summed E-state index contributed by atoms with van der Waals surface area (Å²) in [6.45, 7) is 1.95. The van der Waals surface area contributed by atoms with Gasteiger partial charge in [-0.05, 0) is 25.1 Å². The van der Waals surface area contributed by atoms with Crippen LogP contribution in [0.5, 0.6) is 0 Å². The second-order valence-corrected chi connectivity index (χ2v) is 5.97. The topological polar surface area (TPSA) is 108 Å². The number of carbonyl (C=O) groups is 1. The fourth-order valence-electron chi connectivity index (χ4n) is 3.18. The molecule has 0 aliphatic carbocycles. The summed E-state index contributed by atoms with van der Waals surface area (Å²) in [5.74, 6) is -0.352. The summed E-state index contributed by atoms with van der Waals surface area (Å²) in [4.78, 5) is 23.9. The highest BCUT2D eigenvalue weighted by Gasteiger charge is 2.61. The lowest BCUT2D eigenvalue weighted by atomic mass is 9.89. The number of carbonyl (C=O) groups excluding carboxylic acids is 1. The maximum Gasteiger partial charge on any atom is 0.323 e. The molecule has 1 amide bonds. The highest BCUT2D eigenvalue weighted by atomic mass is 16.6. The van der Waals surface area contributed by atoms with E-state index in [4.69, 9.17) is 0 Å².